The Morgan fingerprint density at radius 2 is 2.13 bits per heavy atom. The molecule has 0 aliphatic carbocycles. The van der Waals surface area contributed by atoms with Crippen LogP contribution in [0.4, 0.5) is 10.6 Å². The zero-order valence-electron chi connectivity index (χ0n) is 8.87. The number of nitrogens with zero attached hydrogens (tertiary/aromatic N) is 1. The number of pyridine rings is 1. The van der Waals surface area contributed by atoms with Crippen molar-refractivity contribution in [3.63, 3.8) is 0 Å². The molecule has 0 fully saturated rings. The highest BCUT2D eigenvalue weighted by Crippen LogP contribution is 2.11. The second-order valence-corrected chi connectivity index (χ2v) is 5.08. The molecule has 0 unspecified atom stereocenters. The Kier molecular flexibility index (Phi) is 3.90. The highest BCUT2D eigenvalue weighted by atomic mass is 127. The molecule has 4 nitrogen and oxygen atoms in total. The zero-order valence-corrected chi connectivity index (χ0v) is 11.0. The van der Waals surface area contributed by atoms with Gasteiger partial charge in [-0.2, -0.15) is 0 Å². The molecule has 5 heteroatoms. The van der Waals surface area contributed by atoms with Gasteiger partial charge in [-0.05, 0) is 55.5 Å². The van der Waals surface area contributed by atoms with Gasteiger partial charge in [-0.3, -0.25) is 5.32 Å². The predicted molar refractivity (Wildman–Crippen MR) is 66.8 cm³/mol. The average molecular weight is 320 g/mol. The van der Waals surface area contributed by atoms with Crippen molar-refractivity contribution >= 4 is 34.5 Å². The third-order valence-corrected chi connectivity index (χ3v) is 1.94. The van der Waals surface area contributed by atoms with E-state index in [0.29, 0.717) is 5.82 Å². The Bertz CT molecular complexity index is 361. The largest absolute Gasteiger partial charge is 0.444 e. The molecule has 0 saturated heterocycles. The molecular formula is C10H13IN2O2. The first kappa shape index (κ1) is 12.2. The van der Waals surface area contributed by atoms with Gasteiger partial charge in [0.05, 0.1) is 0 Å². The normalized spacial score (nSPS) is 10.9. The molecule has 0 saturated carbocycles. The summed E-state index contributed by atoms with van der Waals surface area (Å²) in [6, 6.07) is 5.38. The number of anilines is 1. The van der Waals surface area contributed by atoms with Crippen LogP contribution in [0.1, 0.15) is 20.8 Å². The highest BCUT2D eigenvalue weighted by Gasteiger charge is 2.16. The predicted octanol–water partition coefficient (Wildman–Crippen LogP) is 3.03. The number of hydrogen-bond acceptors (Lipinski definition) is 3. The molecule has 1 rings (SSSR count). The van der Waals surface area contributed by atoms with Crippen LogP contribution in [-0.4, -0.2) is 16.7 Å². The van der Waals surface area contributed by atoms with E-state index in [1.54, 1.807) is 6.07 Å². The molecule has 0 atom stereocenters. The molecule has 0 spiro atoms. The van der Waals surface area contributed by atoms with Gasteiger partial charge in [0.25, 0.3) is 0 Å². The van der Waals surface area contributed by atoms with E-state index in [0.717, 1.165) is 3.70 Å². The number of hydrogen-bond donors (Lipinski definition) is 1. The van der Waals surface area contributed by atoms with Crippen LogP contribution in [0, 0.1) is 3.70 Å². The fourth-order valence-corrected chi connectivity index (χ4v) is 1.35. The Morgan fingerprint density at radius 3 is 2.67 bits per heavy atom. The summed E-state index contributed by atoms with van der Waals surface area (Å²) in [5, 5.41) is 2.56. The van der Waals surface area contributed by atoms with Gasteiger partial charge in [0, 0.05) is 0 Å². The van der Waals surface area contributed by atoms with E-state index in [-0.39, 0.29) is 0 Å². The lowest BCUT2D eigenvalue weighted by Crippen LogP contribution is -2.27. The maximum atomic E-state index is 11.4. The summed E-state index contributed by atoms with van der Waals surface area (Å²) >= 11 is 2.08. The number of halogens is 1. The Hall–Kier alpha value is -0.850. The minimum absolute atomic E-state index is 0.489. The van der Waals surface area contributed by atoms with E-state index in [2.05, 4.69) is 32.9 Å². The highest BCUT2D eigenvalue weighted by molar-refractivity contribution is 14.1. The molecule has 1 amide bonds. The van der Waals surface area contributed by atoms with Crippen LogP contribution in [0.5, 0.6) is 0 Å². The van der Waals surface area contributed by atoms with Crippen molar-refractivity contribution in [2.75, 3.05) is 5.32 Å². The maximum Gasteiger partial charge on any atom is 0.413 e. The molecule has 0 bridgehead atoms. The Balaban J connectivity index is 2.59. The van der Waals surface area contributed by atoms with Gasteiger partial charge >= 0.3 is 6.09 Å². The molecule has 0 aromatic carbocycles. The summed E-state index contributed by atoms with van der Waals surface area (Å²) in [5.41, 5.74) is -0.494. The number of nitrogens with one attached hydrogen (secondary N) is 1. The van der Waals surface area contributed by atoms with E-state index >= 15 is 0 Å². The topological polar surface area (TPSA) is 51.2 Å². The van der Waals surface area contributed by atoms with Crippen LogP contribution in [0.15, 0.2) is 18.2 Å². The summed E-state index contributed by atoms with van der Waals surface area (Å²) < 4.78 is 5.91. The Morgan fingerprint density at radius 1 is 1.47 bits per heavy atom. The second-order valence-electron chi connectivity index (χ2n) is 3.97. The van der Waals surface area contributed by atoms with Gasteiger partial charge in [0.1, 0.15) is 15.1 Å². The minimum atomic E-state index is -0.494. The molecule has 0 aliphatic heterocycles. The summed E-state index contributed by atoms with van der Waals surface area (Å²) in [5.74, 6) is 0.496. The lowest BCUT2D eigenvalue weighted by Gasteiger charge is -2.19. The van der Waals surface area contributed by atoms with Crippen molar-refractivity contribution in [1.82, 2.24) is 4.98 Å². The van der Waals surface area contributed by atoms with Crippen molar-refractivity contribution in [2.45, 2.75) is 26.4 Å². The second kappa shape index (κ2) is 4.78. The van der Waals surface area contributed by atoms with Crippen molar-refractivity contribution in [3.05, 3.63) is 21.9 Å². The van der Waals surface area contributed by atoms with E-state index in [9.17, 15) is 4.79 Å². The molecule has 0 aliphatic rings. The molecular weight excluding hydrogens is 307 g/mol. The van der Waals surface area contributed by atoms with Crippen LogP contribution in [0.25, 0.3) is 0 Å². The summed E-state index contributed by atoms with van der Waals surface area (Å²) in [6.45, 7) is 5.44. The first-order valence-electron chi connectivity index (χ1n) is 4.49. The quantitative estimate of drug-likeness (QED) is 0.639. The molecule has 1 aromatic rings. The van der Waals surface area contributed by atoms with Crippen molar-refractivity contribution < 1.29 is 9.53 Å². The third-order valence-electron chi connectivity index (χ3n) is 1.34. The van der Waals surface area contributed by atoms with Crippen LogP contribution in [0.3, 0.4) is 0 Å². The third kappa shape index (κ3) is 4.96. The number of rotatable bonds is 1. The van der Waals surface area contributed by atoms with E-state index in [1.807, 2.05) is 32.9 Å². The van der Waals surface area contributed by atoms with Gasteiger partial charge in [0.2, 0.25) is 0 Å². The summed E-state index contributed by atoms with van der Waals surface area (Å²) in [4.78, 5) is 15.5. The first-order chi connectivity index (χ1) is 6.87. The maximum absolute atomic E-state index is 11.4. The van der Waals surface area contributed by atoms with Crippen molar-refractivity contribution in [2.24, 2.45) is 0 Å². The number of ether oxygens (including phenoxy) is 1. The smallest absolute Gasteiger partial charge is 0.413 e. The number of aromatic nitrogens is 1. The van der Waals surface area contributed by atoms with Gasteiger partial charge in [-0.1, -0.05) is 6.07 Å². The lowest BCUT2D eigenvalue weighted by atomic mass is 10.2. The number of carbonyl (C=O) groups excluding carboxylic acids is 1. The van der Waals surface area contributed by atoms with Crippen LogP contribution >= 0.6 is 22.6 Å². The standard InChI is InChI=1S/C10H13IN2O2/c1-10(2,3)15-9(14)13-8-6-4-5-7(11)12-8/h4-6H,1-3H3,(H,12,13,14). The first-order valence-corrected chi connectivity index (χ1v) is 5.57. The van der Waals surface area contributed by atoms with E-state index in [4.69, 9.17) is 4.74 Å². The fourth-order valence-electron chi connectivity index (χ4n) is 0.886. The van der Waals surface area contributed by atoms with Crippen LogP contribution in [-0.2, 0) is 4.74 Å². The number of carbonyl (C=O) groups is 1. The Labute approximate surface area is 103 Å². The van der Waals surface area contributed by atoms with Gasteiger partial charge < -0.3 is 4.74 Å². The lowest BCUT2D eigenvalue weighted by molar-refractivity contribution is 0.0635. The van der Waals surface area contributed by atoms with E-state index in [1.165, 1.54) is 0 Å². The molecule has 1 heterocycles. The average Bonchev–Trinajstić information content (AvgIpc) is 1.99. The fraction of sp³-hybridized carbons (Fsp3) is 0.400. The SMILES string of the molecule is CC(C)(C)OC(=O)Nc1cccc(I)n1. The van der Waals surface area contributed by atoms with Crippen LogP contribution < -0.4 is 5.32 Å². The minimum Gasteiger partial charge on any atom is -0.444 e. The monoisotopic (exact) mass is 320 g/mol. The van der Waals surface area contributed by atoms with Gasteiger partial charge in [0.15, 0.2) is 0 Å². The van der Waals surface area contributed by atoms with Crippen molar-refractivity contribution in [1.29, 1.82) is 0 Å². The molecule has 1 aromatic heterocycles. The number of amides is 1. The van der Waals surface area contributed by atoms with Gasteiger partial charge in [-0.15, -0.1) is 0 Å². The zero-order chi connectivity index (χ0) is 11.5. The summed E-state index contributed by atoms with van der Waals surface area (Å²) in [7, 11) is 0. The summed E-state index contributed by atoms with van der Waals surface area (Å²) in [6.07, 6.45) is -0.489. The molecule has 0 radical (unpaired) electrons. The molecule has 1 N–H and O–H groups in total. The molecule has 15 heavy (non-hydrogen) atoms. The van der Waals surface area contributed by atoms with E-state index < -0.39 is 11.7 Å². The molecule has 82 valence electrons. The van der Waals surface area contributed by atoms with Crippen LogP contribution in [0.2, 0.25) is 0 Å². The van der Waals surface area contributed by atoms with Gasteiger partial charge in [-0.25, -0.2) is 9.78 Å². The van der Waals surface area contributed by atoms with Crippen molar-refractivity contribution in [3.8, 4) is 0 Å².